The van der Waals surface area contributed by atoms with E-state index in [-0.39, 0.29) is 5.91 Å². The molecule has 1 aliphatic heterocycles. The fourth-order valence-corrected chi connectivity index (χ4v) is 4.23. The standard InChI is InChI=1S/C19H22N6OS/c1-4-14-10-15(13(3)22-23-14)19(26)25-7-5-24(6-8-25)17-16-9-12(2)27-18(16)21-11-20-17/h9-11H,4-8H2,1-3H3. The lowest BCUT2D eigenvalue weighted by atomic mass is 10.1. The molecule has 1 amide bonds. The number of fused-ring (bicyclic) bond motifs is 1. The molecule has 0 bridgehead atoms. The molecule has 0 saturated carbocycles. The molecule has 0 aliphatic carbocycles. The van der Waals surface area contributed by atoms with E-state index in [0.29, 0.717) is 24.3 Å². The first-order valence-electron chi connectivity index (χ1n) is 9.15. The second kappa shape index (κ2) is 7.19. The fraction of sp³-hybridized carbons (Fsp3) is 0.421. The third-order valence-corrected chi connectivity index (χ3v) is 5.88. The van der Waals surface area contributed by atoms with E-state index in [4.69, 9.17) is 0 Å². The van der Waals surface area contributed by atoms with E-state index in [2.05, 4.69) is 38.1 Å². The smallest absolute Gasteiger partial charge is 0.255 e. The average molecular weight is 382 g/mol. The zero-order valence-electron chi connectivity index (χ0n) is 15.8. The summed E-state index contributed by atoms with van der Waals surface area (Å²) in [5, 5.41) is 9.37. The Morgan fingerprint density at radius 2 is 1.89 bits per heavy atom. The largest absolute Gasteiger partial charge is 0.352 e. The molecule has 0 N–H and O–H groups in total. The second-order valence-electron chi connectivity index (χ2n) is 6.74. The third kappa shape index (κ3) is 3.37. The number of aryl methyl sites for hydroxylation is 3. The van der Waals surface area contributed by atoms with Crippen molar-refractivity contribution in [1.82, 2.24) is 25.1 Å². The number of hydrogen-bond acceptors (Lipinski definition) is 7. The summed E-state index contributed by atoms with van der Waals surface area (Å²) in [4.78, 5) is 28.2. The summed E-state index contributed by atoms with van der Waals surface area (Å²) in [6.07, 6.45) is 2.40. The number of rotatable bonds is 3. The van der Waals surface area contributed by atoms with Crippen LogP contribution < -0.4 is 4.90 Å². The maximum atomic E-state index is 13.0. The molecule has 7 nitrogen and oxygen atoms in total. The van der Waals surface area contributed by atoms with Gasteiger partial charge in [0.05, 0.1) is 22.3 Å². The summed E-state index contributed by atoms with van der Waals surface area (Å²) < 4.78 is 0. The van der Waals surface area contributed by atoms with E-state index in [1.807, 2.05) is 24.8 Å². The van der Waals surface area contributed by atoms with Gasteiger partial charge in [0.2, 0.25) is 0 Å². The van der Waals surface area contributed by atoms with E-state index in [1.54, 1.807) is 17.7 Å². The molecule has 4 heterocycles. The van der Waals surface area contributed by atoms with Crippen molar-refractivity contribution in [2.45, 2.75) is 27.2 Å². The number of amides is 1. The molecule has 140 valence electrons. The lowest BCUT2D eigenvalue weighted by molar-refractivity contribution is 0.0745. The van der Waals surface area contributed by atoms with Crippen molar-refractivity contribution in [2.75, 3.05) is 31.1 Å². The highest BCUT2D eigenvalue weighted by Gasteiger charge is 2.25. The Balaban J connectivity index is 1.51. The second-order valence-corrected chi connectivity index (χ2v) is 7.98. The number of aromatic nitrogens is 4. The summed E-state index contributed by atoms with van der Waals surface area (Å²) in [7, 11) is 0. The van der Waals surface area contributed by atoms with Crippen LogP contribution in [0, 0.1) is 13.8 Å². The van der Waals surface area contributed by atoms with Crippen LogP contribution in [0.4, 0.5) is 5.82 Å². The maximum Gasteiger partial charge on any atom is 0.255 e. The van der Waals surface area contributed by atoms with E-state index in [0.717, 1.165) is 41.2 Å². The van der Waals surface area contributed by atoms with Crippen LogP contribution in [0.2, 0.25) is 0 Å². The van der Waals surface area contributed by atoms with Crippen molar-refractivity contribution in [3.05, 3.63) is 40.3 Å². The number of nitrogens with zero attached hydrogens (tertiary/aromatic N) is 6. The number of anilines is 1. The lowest BCUT2D eigenvalue weighted by Gasteiger charge is -2.35. The van der Waals surface area contributed by atoms with Crippen LogP contribution in [0.25, 0.3) is 10.2 Å². The predicted octanol–water partition coefficient (Wildman–Crippen LogP) is 2.62. The molecule has 3 aromatic heterocycles. The molecule has 27 heavy (non-hydrogen) atoms. The van der Waals surface area contributed by atoms with Gasteiger partial charge in [0.1, 0.15) is 17.0 Å². The van der Waals surface area contributed by atoms with E-state index in [1.165, 1.54) is 4.88 Å². The van der Waals surface area contributed by atoms with Crippen molar-refractivity contribution < 1.29 is 4.79 Å². The number of thiophene rings is 1. The minimum Gasteiger partial charge on any atom is -0.352 e. The van der Waals surface area contributed by atoms with Crippen LogP contribution in [0.3, 0.4) is 0 Å². The van der Waals surface area contributed by atoms with Gasteiger partial charge in [0.25, 0.3) is 5.91 Å². The predicted molar refractivity (Wildman–Crippen MR) is 106 cm³/mol. The lowest BCUT2D eigenvalue weighted by Crippen LogP contribution is -2.49. The summed E-state index contributed by atoms with van der Waals surface area (Å²) in [5.41, 5.74) is 2.19. The van der Waals surface area contributed by atoms with Gasteiger partial charge in [-0.15, -0.1) is 11.3 Å². The molecule has 1 saturated heterocycles. The Labute approximate surface area is 162 Å². The first-order chi connectivity index (χ1) is 13.1. The van der Waals surface area contributed by atoms with E-state index in [9.17, 15) is 4.79 Å². The van der Waals surface area contributed by atoms with Gasteiger partial charge in [0.15, 0.2) is 0 Å². The minimum atomic E-state index is 0.0379. The number of carbonyl (C=O) groups is 1. The molecular formula is C19H22N6OS. The fourth-order valence-electron chi connectivity index (χ4n) is 3.39. The van der Waals surface area contributed by atoms with Crippen LogP contribution in [0.1, 0.15) is 33.5 Å². The molecule has 0 unspecified atom stereocenters. The van der Waals surface area contributed by atoms with Gasteiger partial charge in [-0.2, -0.15) is 10.2 Å². The summed E-state index contributed by atoms with van der Waals surface area (Å²) in [6, 6.07) is 4.02. The van der Waals surface area contributed by atoms with Crippen LogP contribution in [-0.2, 0) is 6.42 Å². The van der Waals surface area contributed by atoms with Gasteiger partial charge in [-0.3, -0.25) is 4.79 Å². The molecule has 0 aromatic carbocycles. The molecule has 8 heteroatoms. The topological polar surface area (TPSA) is 75.1 Å². The van der Waals surface area contributed by atoms with Gasteiger partial charge in [-0.1, -0.05) is 6.92 Å². The minimum absolute atomic E-state index is 0.0379. The molecule has 1 fully saturated rings. The molecule has 0 atom stereocenters. The molecule has 3 aromatic rings. The Morgan fingerprint density at radius 3 is 2.63 bits per heavy atom. The van der Waals surface area contributed by atoms with E-state index < -0.39 is 0 Å². The van der Waals surface area contributed by atoms with Crippen molar-refractivity contribution >= 4 is 33.3 Å². The van der Waals surface area contributed by atoms with Crippen LogP contribution in [0.5, 0.6) is 0 Å². The van der Waals surface area contributed by atoms with Crippen molar-refractivity contribution in [1.29, 1.82) is 0 Å². The Hall–Kier alpha value is -2.61. The van der Waals surface area contributed by atoms with E-state index >= 15 is 0 Å². The Kier molecular flexibility index (Phi) is 4.73. The average Bonchev–Trinajstić information content (AvgIpc) is 3.08. The number of piperazine rings is 1. The van der Waals surface area contributed by atoms with Crippen LogP contribution in [0.15, 0.2) is 18.5 Å². The highest BCUT2D eigenvalue weighted by atomic mass is 32.1. The van der Waals surface area contributed by atoms with Gasteiger partial charge in [0, 0.05) is 31.1 Å². The monoisotopic (exact) mass is 382 g/mol. The quantitative estimate of drug-likeness (QED) is 0.693. The third-order valence-electron chi connectivity index (χ3n) is 4.92. The Bertz CT molecular complexity index is 993. The maximum absolute atomic E-state index is 13.0. The first-order valence-corrected chi connectivity index (χ1v) is 9.97. The number of hydrogen-bond donors (Lipinski definition) is 0. The van der Waals surface area contributed by atoms with Crippen LogP contribution in [-0.4, -0.2) is 57.2 Å². The number of carbonyl (C=O) groups excluding carboxylic acids is 1. The zero-order chi connectivity index (χ0) is 19.0. The molecule has 0 spiro atoms. The zero-order valence-corrected chi connectivity index (χ0v) is 16.6. The normalized spacial score (nSPS) is 14.8. The summed E-state index contributed by atoms with van der Waals surface area (Å²) in [5.74, 6) is 1.00. The van der Waals surface area contributed by atoms with Crippen molar-refractivity contribution in [2.24, 2.45) is 0 Å². The highest BCUT2D eigenvalue weighted by molar-refractivity contribution is 7.18. The van der Waals surface area contributed by atoms with Gasteiger partial charge < -0.3 is 9.80 Å². The molecule has 4 rings (SSSR count). The van der Waals surface area contributed by atoms with Gasteiger partial charge in [-0.05, 0) is 32.4 Å². The van der Waals surface area contributed by atoms with Crippen molar-refractivity contribution in [3.8, 4) is 0 Å². The van der Waals surface area contributed by atoms with Gasteiger partial charge >= 0.3 is 0 Å². The molecule has 0 radical (unpaired) electrons. The highest BCUT2D eigenvalue weighted by Crippen LogP contribution is 2.30. The van der Waals surface area contributed by atoms with Crippen LogP contribution >= 0.6 is 11.3 Å². The van der Waals surface area contributed by atoms with Gasteiger partial charge in [-0.25, -0.2) is 9.97 Å². The van der Waals surface area contributed by atoms with Crippen molar-refractivity contribution in [3.63, 3.8) is 0 Å². The molecular weight excluding hydrogens is 360 g/mol. The summed E-state index contributed by atoms with van der Waals surface area (Å²) >= 11 is 1.68. The molecule has 1 aliphatic rings. The SMILES string of the molecule is CCc1cc(C(=O)N2CCN(c3ncnc4sc(C)cc34)CC2)c(C)nn1. The first kappa shape index (κ1) is 17.8. The Morgan fingerprint density at radius 1 is 1.11 bits per heavy atom. The summed E-state index contributed by atoms with van der Waals surface area (Å²) in [6.45, 7) is 8.78.